The van der Waals surface area contributed by atoms with E-state index < -0.39 is 10.0 Å². The number of benzene rings is 1. The lowest BCUT2D eigenvalue weighted by Crippen LogP contribution is -2.29. The number of amidine groups is 1. The lowest BCUT2D eigenvalue weighted by Gasteiger charge is -2.09. The minimum absolute atomic E-state index is 0.110. The number of aliphatic imine (C=N–C) groups is 1. The van der Waals surface area contributed by atoms with Crippen LogP contribution in [0.4, 0.5) is 5.69 Å². The van der Waals surface area contributed by atoms with Gasteiger partial charge in [0.05, 0.1) is 9.77 Å². The SMILES string of the molecule is O=C(Nc1cccc(S(=O)(=O)NC2=NCCC2)c1)c1cc2c(s1)CCC2. The maximum atomic E-state index is 12.5. The van der Waals surface area contributed by atoms with E-state index in [0.29, 0.717) is 29.4 Å². The van der Waals surface area contributed by atoms with Crippen molar-refractivity contribution in [3.63, 3.8) is 0 Å². The molecule has 0 atom stereocenters. The molecule has 1 amide bonds. The summed E-state index contributed by atoms with van der Waals surface area (Å²) < 4.78 is 27.5. The number of hydrogen-bond donors (Lipinski definition) is 2. The maximum Gasteiger partial charge on any atom is 0.265 e. The van der Waals surface area contributed by atoms with Crippen molar-refractivity contribution < 1.29 is 13.2 Å². The number of carbonyl (C=O) groups excluding carboxylic acids is 1. The van der Waals surface area contributed by atoms with E-state index in [1.165, 1.54) is 33.9 Å². The third-order valence-corrected chi connectivity index (χ3v) is 7.11. The molecule has 136 valence electrons. The predicted molar refractivity (Wildman–Crippen MR) is 103 cm³/mol. The molecule has 1 aromatic heterocycles. The average molecular weight is 390 g/mol. The smallest absolute Gasteiger partial charge is 0.265 e. The molecule has 0 saturated heterocycles. The maximum absolute atomic E-state index is 12.5. The number of carbonyl (C=O) groups is 1. The predicted octanol–water partition coefficient (Wildman–Crippen LogP) is 2.96. The normalized spacial score (nSPS) is 16.2. The van der Waals surface area contributed by atoms with E-state index >= 15 is 0 Å². The number of anilines is 1. The number of thiophene rings is 1. The quantitative estimate of drug-likeness (QED) is 0.843. The number of aryl methyl sites for hydroxylation is 2. The van der Waals surface area contributed by atoms with Gasteiger partial charge in [-0.15, -0.1) is 11.3 Å². The molecule has 2 N–H and O–H groups in total. The second-order valence-corrected chi connectivity index (χ2v) is 9.25. The van der Waals surface area contributed by atoms with E-state index in [9.17, 15) is 13.2 Å². The lowest BCUT2D eigenvalue weighted by atomic mass is 10.2. The van der Waals surface area contributed by atoms with Crippen molar-refractivity contribution >= 4 is 38.8 Å². The first-order valence-corrected chi connectivity index (χ1v) is 10.9. The van der Waals surface area contributed by atoms with Gasteiger partial charge in [-0.1, -0.05) is 6.07 Å². The molecule has 1 aliphatic carbocycles. The molecule has 2 heterocycles. The molecule has 1 aromatic carbocycles. The molecule has 4 rings (SSSR count). The third-order valence-electron chi connectivity index (χ3n) is 4.50. The van der Waals surface area contributed by atoms with Gasteiger partial charge < -0.3 is 5.32 Å². The van der Waals surface area contributed by atoms with E-state index in [2.05, 4.69) is 15.0 Å². The number of hydrogen-bond acceptors (Lipinski definition) is 5. The van der Waals surface area contributed by atoms with Gasteiger partial charge in [-0.2, -0.15) is 0 Å². The fourth-order valence-electron chi connectivity index (χ4n) is 3.21. The standard InChI is InChI=1S/C18H19N3O3S2/c22-18(16-10-12-4-1-7-15(12)25-16)20-13-5-2-6-14(11-13)26(23,24)21-17-8-3-9-19-17/h2,5-6,10-11H,1,3-4,7-9H2,(H,19,21)(H,20,22). The van der Waals surface area contributed by atoms with Crippen LogP contribution in [0.1, 0.15) is 39.4 Å². The molecule has 0 unspecified atom stereocenters. The van der Waals surface area contributed by atoms with Crippen LogP contribution < -0.4 is 10.0 Å². The molecular weight excluding hydrogens is 370 g/mol. The minimum atomic E-state index is -3.69. The van der Waals surface area contributed by atoms with Crippen LogP contribution in [0.2, 0.25) is 0 Å². The summed E-state index contributed by atoms with van der Waals surface area (Å²) >= 11 is 1.52. The molecule has 0 radical (unpaired) electrons. The Hall–Kier alpha value is -2.19. The van der Waals surface area contributed by atoms with Crippen LogP contribution in [-0.4, -0.2) is 26.7 Å². The van der Waals surface area contributed by atoms with E-state index in [1.54, 1.807) is 12.1 Å². The zero-order chi connectivity index (χ0) is 18.1. The monoisotopic (exact) mass is 389 g/mol. The van der Waals surface area contributed by atoms with Gasteiger partial charge in [0.25, 0.3) is 15.9 Å². The first-order valence-electron chi connectivity index (χ1n) is 8.60. The van der Waals surface area contributed by atoms with E-state index in [0.717, 1.165) is 25.7 Å². The van der Waals surface area contributed by atoms with Gasteiger partial charge in [0.2, 0.25) is 0 Å². The fraction of sp³-hybridized carbons (Fsp3) is 0.333. The van der Waals surface area contributed by atoms with Gasteiger partial charge >= 0.3 is 0 Å². The first kappa shape index (κ1) is 17.2. The molecule has 0 saturated carbocycles. The van der Waals surface area contributed by atoms with Crippen molar-refractivity contribution in [1.82, 2.24) is 4.72 Å². The van der Waals surface area contributed by atoms with Crippen molar-refractivity contribution in [2.45, 2.75) is 37.0 Å². The van der Waals surface area contributed by atoms with Gasteiger partial charge in [0, 0.05) is 23.5 Å². The zero-order valence-corrected chi connectivity index (χ0v) is 15.8. The Kier molecular flexibility index (Phi) is 4.54. The number of rotatable bonds is 4. The summed E-state index contributed by atoms with van der Waals surface area (Å²) in [6.07, 6.45) is 4.72. The number of amides is 1. The molecule has 0 fully saturated rings. The van der Waals surface area contributed by atoms with Gasteiger partial charge in [-0.25, -0.2) is 8.42 Å². The highest BCUT2D eigenvalue weighted by Gasteiger charge is 2.20. The molecule has 8 heteroatoms. The molecule has 2 aliphatic rings. The first-order chi connectivity index (χ1) is 12.5. The van der Waals surface area contributed by atoms with Crippen LogP contribution in [0.15, 0.2) is 40.2 Å². The number of nitrogens with one attached hydrogen (secondary N) is 2. The number of nitrogens with zero attached hydrogens (tertiary/aromatic N) is 1. The van der Waals surface area contributed by atoms with Crippen molar-refractivity contribution in [3.8, 4) is 0 Å². The Balaban J connectivity index is 1.50. The van der Waals surface area contributed by atoms with E-state index in [1.807, 2.05) is 6.07 Å². The zero-order valence-electron chi connectivity index (χ0n) is 14.1. The summed E-state index contributed by atoms with van der Waals surface area (Å²) in [5, 5.41) is 2.80. The summed E-state index contributed by atoms with van der Waals surface area (Å²) in [4.78, 5) is 18.7. The van der Waals surface area contributed by atoms with Crippen molar-refractivity contribution in [2.75, 3.05) is 11.9 Å². The number of sulfonamides is 1. The Labute approximate surface area is 156 Å². The minimum Gasteiger partial charge on any atom is -0.321 e. The summed E-state index contributed by atoms with van der Waals surface area (Å²) in [7, 11) is -3.69. The molecule has 0 bridgehead atoms. The fourth-order valence-corrected chi connectivity index (χ4v) is 5.49. The van der Waals surface area contributed by atoms with Crippen LogP contribution in [0.25, 0.3) is 0 Å². The highest BCUT2D eigenvalue weighted by molar-refractivity contribution is 7.90. The summed E-state index contributed by atoms with van der Waals surface area (Å²) in [6.45, 7) is 0.652. The van der Waals surface area contributed by atoms with Crippen LogP contribution in [0.3, 0.4) is 0 Å². The summed E-state index contributed by atoms with van der Waals surface area (Å²) in [5.41, 5.74) is 1.72. The largest absolute Gasteiger partial charge is 0.321 e. The Morgan fingerprint density at radius 1 is 1.12 bits per heavy atom. The topological polar surface area (TPSA) is 87.6 Å². The second kappa shape index (κ2) is 6.85. The lowest BCUT2D eigenvalue weighted by molar-refractivity contribution is 0.103. The van der Waals surface area contributed by atoms with Crippen LogP contribution in [0, 0.1) is 0 Å². The third kappa shape index (κ3) is 3.52. The second-order valence-electron chi connectivity index (χ2n) is 6.43. The van der Waals surface area contributed by atoms with Gasteiger partial charge in [0.1, 0.15) is 5.84 Å². The molecule has 26 heavy (non-hydrogen) atoms. The van der Waals surface area contributed by atoms with Gasteiger partial charge in [0.15, 0.2) is 0 Å². The van der Waals surface area contributed by atoms with Crippen molar-refractivity contribution in [1.29, 1.82) is 0 Å². The highest BCUT2D eigenvalue weighted by atomic mass is 32.2. The Morgan fingerprint density at radius 3 is 2.77 bits per heavy atom. The van der Waals surface area contributed by atoms with E-state index in [-0.39, 0.29) is 10.8 Å². The molecule has 2 aromatic rings. The average Bonchev–Trinajstić information content (AvgIpc) is 3.31. The molecule has 0 spiro atoms. The van der Waals surface area contributed by atoms with Crippen LogP contribution in [-0.2, 0) is 22.9 Å². The van der Waals surface area contributed by atoms with Crippen LogP contribution in [0.5, 0.6) is 0 Å². The van der Waals surface area contributed by atoms with E-state index in [4.69, 9.17) is 0 Å². The summed E-state index contributed by atoms with van der Waals surface area (Å²) in [5.74, 6) is 0.291. The number of fused-ring (bicyclic) bond motifs is 1. The Morgan fingerprint density at radius 2 is 2.00 bits per heavy atom. The molecule has 6 nitrogen and oxygen atoms in total. The summed E-state index contributed by atoms with van der Waals surface area (Å²) in [6, 6.07) is 8.23. The van der Waals surface area contributed by atoms with Gasteiger partial charge in [-0.3, -0.25) is 14.5 Å². The highest BCUT2D eigenvalue weighted by Crippen LogP contribution is 2.31. The van der Waals surface area contributed by atoms with Crippen molar-refractivity contribution in [2.24, 2.45) is 4.99 Å². The Bertz CT molecular complexity index is 971. The molecule has 1 aliphatic heterocycles. The van der Waals surface area contributed by atoms with Gasteiger partial charge in [-0.05, 0) is 55.5 Å². The van der Waals surface area contributed by atoms with Crippen molar-refractivity contribution in [3.05, 3.63) is 45.6 Å². The van der Waals surface area contributed by atoms with Crippen LogP contribution >= 0.6 is 11.3 Å². The molecular formula is C18H19N3O3S2.